The van der Waals surface area contributed by atoms with Crippen molar-refractivity contribution in [2.24, 2.45) is 5.73 Å². The summed E-state index contributed by atoms with van der Waals surface area (Å²) in [6, 6.07) is 3.28. The van der Waals surface area contributed by atoms with Crippen molar-refractivity contribution in [2.75, 3.05) is 19.0 Å². The van der Waals surface area contributed by atoms with Crippen LogP contribution in [0.25, 0.3) is 0 Å². The Hall–Kier alpha value is -1.13. The summed E-state index contributed by atoms with van der Waals surface area (Å²) in [7, 11) is 1.77. The van der Waals surface area contributed by atoms with Crippen molar-refractivity contribution < 1.29 is 5.11 Å². The second-order valence-corrected chi connectivity index (χ2v) is 2.48. The van der Waals surface area contributed by atoms with Crippen molar-refractivity contribution in [3.05, 3.63) is 23.9 Å². The summed E-state index contributed by atoms with van der Waals surface area (Å²) in [5.74, 6) is 0.721. The number of aliphatic hydroxyl groups excluding tert-OH is 1. The lowest BCUT2D eigenvalue weighted by atomic mass is 10.1. The number of hydrogen-bond donors (Lipinski definition) is 3. The molecule has 4 N–H and O–H groups in total. The Labute approximate surface area is 71.4 Å². The molecular formula is C8H13N3O. The average Bonchev–Trinajstić information content (AvgIpc) is 2.16. The van der Waals surface area contributed by atoms with Gasteiger partial charge in [-0.2, -0.15) is 0 Å². The smallest absolute Gasteiger partial charge is 0.130 e. The monoisotopic (exact) mass is 167 g/mol. The van der Waals surface area contributed by atoms with E-state index in [4.69, 9.17) is 10.8 Å². The first-order chi connectivity index (χ1) is 5.79. The molecule has 1 heterocycles. The van der Waals surface area contributed by atoms with Gasteiger partial charge in [0.15, 0.2) is 0 Å². The maximum atomic E-state index is 8.83. The Balaban J connectivity index is 2.96. The Kier molecular flexibility index (Phi) is 3.01. The van der Waals surface area contributed by atoms with E-state index >= 15 is 0 Å². The molecular weight excluding hydrogens is 154 g/mol. The molecule has 66 valence electrons. The molecule has 1 rings (SSSR count). The van der Waals surface area contributed by atoms with Crippen LogP contribution in [0.3, 0.4) is 0 Å². The average molecular weight is 167 g/mol. The zero-order valence-electron chi connectivity index (χ0n) is 6.99. The summed E-state index contributed by atoms with van der Waals surface area (Å²) in [5, 5.41) is 11.7. The van der Waals surface area contributed by atoms with E-state index in [1.54, 1.807) is 19.3 Å². The highest BCUT2D eigenvalue weighted by atomic mass is 16.3. The first kappa shape index (κ1) is 8.96. The van der Waals surface area contributed by atoms with Gasteiger partial charge in [0, 0.05) is 18.8 Å². The molecule has 0 bridgehead atoms. The van der Waals surface area contributed by atoms with Gasteiger partial charge in [0.2, 0.25) is 0 Å². The van der Waals surface area contributed by atoms with Gasteiger partial charge in [0.05, 0.1) is 12.6 Å². The highest BCUT2D eigenvalue weighted by Gasteiger charge is 2.08. The third kappa shape index (κ3) is 1.72. The first-order valence-electron chi connectivity index (χ1n) is 3.78. The maximum Gasteiger partial charge on any atom is 0.130 e. The number of aliphatic hydroxyl groups is 1. The largest absolute Gasteiger partial charge is 0.394 e. The Morgan fingerprint density at radius 3 is 3.08 bits per heavy atom. The van der Waals surface area contributed by atoms with Crippen LogP contribution in [0.4, 0.5) is 5.82 Å². The highest BCUT2D eigenvalue weighted by Crippen LogP contribution is 2.16. The summed E-state index contributed by atoms with van der Waals surface area (Å²) < 4.78 is 0. The van der Waals surface area contributed by atoms with E-state index in [0.29, 0.717) is 0 Å². The van der Waals surface area contributed by atoms with Gasteiger partial charge >= 0.3 is 0 Å². The van der Waals surface area contributed by atoms with Gasteiger partial charge in [-0.05, 0) is 6.07 Å². The minimum atomic E-state index is -0.360. The maximum absolute atomic E-state index is 8.83. The normalized spacial score (nSPS) is 12.6. The van der Waals surface area contributed by atoms with Gasteiger partial charge < -0.3 is 16.2 Å². The van der Waals surface area contributed by atoms with Crippen LogP contribution in [0.2, 0.25) is 0 Å². The number of nitrogens with two attached hydrogens (primary N) is 1. The van der Waals surface area contributed by atoms with Crippen LogP contribution >= 0.6 is 0 Å². The van der Waals surface area contributed by atoms with Gasteiger partial charge in [-0.15, -0.1) is 0 Å². The minimum absolute atomic E-state index is 0.0691. The van der Waals surface area contributed by atoms with Crippen molar-refractivity contribution in [1.82, 2.24) is 4.98 Å². The van der Waals surface area contributed by atoms with Crippen LogP contribution in [-0.2, 0) is 0 Å². The Morgan fingerprint density at radius 1 is 1.75 bits per heavy atom. The lowest BCUT2D eigenvalue weighted by Gasteiger charge is -2.11. The predicted molar refractivity (Wildman–Crippen MR) is 47.8 cm³/mol. The quantitative estimate of drug-likeness (QED) is 0.597. The van der Waals surface area contributed by atoms with Crippen LogP contribution in [-0.4, -0.2) is 23.7 Å². The van der Waals surface area contributed by atoms with Gasteiger partial charge in [-0.3, -0.25) is 0 Å². The summed E-state index contributed by atoms with van der Waals surface area (Å²) in [5.41, 5.74) is 6.48. The molecule has 0 aliphatic heterocycles. The van der Waals surface area contributed by atoms with Crippen LogP contribution in [0.1, 0.15) is 11.6 Å². The van der Waals surface area contributed by atoms with E-state index in [0.717, 1.165) is 11.4 Å². The van der Waals surface area contributed by atoms with Crippen molar-refractivity contribution in [2.45, 2.75) is 6.04 Å². The Bertz CT molecular complexity index is 252. The van der Waals surface area contributed by atoms with E-state index < -0.39 is 0 Å². The van der Waals surface area contributed by atoms with E-state index in [1.165, 1.54) is 0 Å². The van der Waals surface area contributed by atoms with Gasteiger partial charge in [0.25, 0.3) is 0 Å². The molecule has 4 nitrogen and oxygen atoms in total. The topological polar surface area (TPSA) is 71.2 Å². The zero-order valence-corrected chi connectivity index (χ0v) is 6.99. The van der Waals surface area contributed by atoms with Gasteiger partial charge in [-0.1, -0.05) is 6.07 Å². The number of rotatable bonds is 3. The SMILES string of the molecule is CNc1ncccc1[C@@H](N)CO. The molecule has 0 saturated carbocycles. The molecule has 1 aromatic heterocycles. The van der Waals surface area contributed by atoms with Crippen LogP contribution in [0.15, 0.2) is 18.3 Å². The van der Waals surface area contributed by atoms with Crippen LogP contribution < -0.4 is 11.1 Å². The van der Waals surface area contributed by atoms with Gasteiger partial charge in [0.1, 0.15) is 5.82 Å². The predicted octanol–water partition coefficient (Wildman–Crippen LogP) is 0.115. The summed E-state index contributed by atoms with van der Waals surface area (Å²) in [6.45, 7) is -0.0691. The standard InChI is InChI=1S/C8H13N3O/c1-10-8-6(7(9)5-12)3-2-4-11-8/h2-4,7,12H,5,9H2,1H3,(H,10,11)/t7-/m0/s1. The number of nitrogens with one attached hydrogen (secondary N) is 1. The lowest BCUT2D eigenvalue weighted by Crippen LogP contribution is -2.16. The van der Waals surface area contributed by atoms with Crippen LogP contribution in [0, 0.1) is 0 Å². The fourth-order valence-corrected chi connectivity index (χ4v) is 1.02. The van der Waals surface area contributed by atoms with Crippen molar-refractivity contribution in [1.29, 1.82) is 0 Å². The molecule has 0 radical (unpaired) electrons. The minimum Gasteiger partial charge on any atom is -0.394 e. The number of aromatic nitrogens is 1. The fraction of sp³-hybridized carbons (Fsp3) is 0.375. The second kappa shape index (κ2) is 4.04. The summed E-state index contributed by atoms with van der Waals surface area (Å²) in [4.78, 5) is 4.06. The molecule has 1 aromatic rings. The first-order valence-corrected chi connectivity index (χ1v) is 3.78. The van der Waals surface area contributed by atoms with E-state index in [-0.39, 0.29) is 12.6 Å². The third-order valence-corrected chi connectivity index (χ3v) is 1.67. The molecule has 1 atom stereocenters. The number of pyridine rings is 1. The van der Waals surface area contributed by atoms with Gasteiger partial charge in [-0.25, -0.2) is 4.98 Å². The molecule has 0 aliphatic rings. The van der Waals surface area contributed by atoms with E-state index in [2.05, 4.69) is 10.3 Å². The molecule has 0 spiro atoms. The molecule has 0 unspecified atom stereocenters. The fourth-order valence-electron chi connectivity index (χ4n) is 1.02. The summed E-state index contributed by atoms with van der Waals surface area (Å²) >= 11 is 0. The highest BCUT2D eigenvalue weighted by molar-refractivity contribution is 5.44. The molecule has 12 heavy (non-hydrogen) atoms. The van der Waals surface area contributed by atoms with Crippen molar-refractivity contribution in [3.8, 4) is 0 Å². The molecule has 4 heteroatoms. The zero-order chi connectivity index (χ0) is 8.97. The van der Waals surface area contributed by atoms with Crippen molar-refractivity contribution in [3.63, 3.8) is 0 Å². The van der Waals surface area contributed by atoms with Crippen LogP contribution in [0.5, 0.6) is 0 Å². The molecule has 0 amide bonds. The van der Waals surface area contributed by atoms with E-state index in [9.17, 15) is 0 Å². The third-order valence-electron chi connectivity index (χ3n) is 1.67. The number of nitrogens with zero attached hydrogens (tertiary/aromatic N) is 1. The summed E-state index contributed by atoms with van der Waals surface area (Å²) in [6.07, 6.45) is 1.68. The van der Waals surface area contributed by atoms with E-state index in [1.807, 2.05) is 6.07 Å². The molecule has 0 saturated heterocycles. The number of anilines is 1. The molecule has 0 aromatic carbocycles. The second-order valence-electron chi connectivity index (χ2n) is 2.48. The van der Waals surface area contributed by atoms with Crippen molar-refractivity contribution >= 4 is 5.82 Å². The lowest BCUT2D eigenvalue weighted by molar-refractivity contribution is 0.268. The molecule has 0 fully saturated rings. The number of hydrogen-bond acceptors (Lipinski definition) is 4. The molecule has 0 aliphatic carbocycles. The Morgan fingerprint density at radius 2 is 2.50 bits per heavy atom.